The molecule has 0 saturated carbocycles. The van der Waals surface area contributed by atoms with Crippen LogP contribution in [0.15, 0.2) is 24.3 Å². The number of carbonyl (C=O) groups is 3. The van der Waals surface area contributed by atoms with Crippen molar-refractivity contribution in [2.24, 2.45) is 0 Å². The van der Waals surface area contributed by atoms with Gasteiger partial charge in [-0.25, -0.2) is 4.79 Å². The van der Waals surface area contributed by atoms with Crippen molar-refractivity contribution in [1.29, 1.82) is 0 Å². The fourth-order valence-electron chi connectivity index (χ4n) is 2.68. The molecule has 0 bridgehead atoms. The van der Waals surface area contributed by atoms with E-state index in [9.17, 15) is 14.4 Å². The van der Waals surface area contributed by atoms with E-state index in [4.69, 9.17) is 16.3 Å². The molecule has 2 N–H and O–H groups in total. The number of rotatable bonds is 5. The van der Waals surface area contributed by atoms with Crippen LogP contribution in [0.1, 0.15) is 30.1 Å². The number of likely N-dealkylation sites (tertiary alicyclic amines) is 1. The summed E-state index contributed by atoms with van der Waals surface area (Å²) in [5.41, 5.74) is 1.12. The SMILES string of the molecule is CC(=O)Nc1cccc(C(=O)N2CCC(NC(=O)OCCCl)CC2)c1. The van der Waals surface area contributed by atoms with E-state index < -0.39 is 6.09 Å². The molecule has 0 radical (unpaired) electrons. The third-order valence-electron chi connectivity index (χ3n) is 3.84. The van der Waals surface area contributed by atoms with Crippen LogP contribution in [-0.2, 0) is 9.53 Å². The van der Waals surface area contributed by atoms with Gasteiger partial charge in [0.2, 0.25) is 5.91 Å². The number of benzene rings is 1. The summed E-state index contributed by atoms with van der Waals surface area (Å²) in [7, 11) is 0. The van der Waals surface area contributed by atoms with E-state index in [2.05, 4.69) is 10.6 Å². The lowest BCUT2D eigenvalue weighted by Crippen LogP contribution is -2.46. The zero-order chi connectivity index (χ0) is 18.2. The third-order valence-corrected chi connectivity index (χ3v) is 4.00. The van der Waals surface area contributed by atoms with Gasteiger partial charge in [-0.05, 0) is 31.0 Å². The number of hydrogen-bond donors (Lipinski definition) is 2. The van der Waals surface area contributed by atoms with Crippen LogP contribution < -0.4 is 10.6 Å². The van der Waals surface area contributed by atoms with Gasteiger partial charge in [0.1, 0.15) is 6.61 Å². The number of alkyl halides is 1. The summed E-state index contributed by atoms with van der Waals surface area (Å²) in [6, 6.07) is 6.84. The van der Waals surface area contributed by atoms with Crippen molar-refractivity contribution in [3.63, 3.8) is 0 Å². The summed E-state index contributed by atoms with van der Waals surface area (Å²) in [5, 5.41) is 5.45. The molecule has 1 aliphatic heterocycles. The number of nitrogens with one attached hydrogen (secondary N) is 2. The predicted molar refractivity (Wildman–Crippen MR) is 94.9 cm³/mol. The first kappa shape index (κ1) is 19.1. The Hall–Kier alpha value is -2.28. The lowest BCUT2D eigenvalue weighted by molar-refractivity contribution is -0.114. The molecule has 0 aromatic heterocycles. The van der Waals surface area contributed by atoms with Gasteiger partial charge in [-0.2, -0.15) is 0 Å². The average Bonchev–Trinajstić information content (AvgIpc) is 2.59. The number of alkyl carbamates (subject to hydrolysis) is 1. The summed E-state index contributed by atoms with van der Waals surface area (Å²) >= 11 is 5.47. The number of halogens is 1. The summed E-state index contributed by atoms with van der Waals surface area (Å²) in [6.45, 7) is 2.69. The fourth-order valence-corrected chi connectivity index (χ4v) is 2.76. The normalized spacial score (nSPS) is 14.7. The molecule has 1 aliphatic rings. The van der Waals surface area contributed by atoms with Crippen molar-refractivity contribution in [1.82, 2.24) is 10.2 Å². The molecule has 1 aromatic rings. The van der Waals surface area contributed by atoms with Gasteiger partial charge in [0.05, 0.1) is 5.88 Å². The van der Waals surface area contributed by atoms with Crippen molar-refractivity contribution in [3.05, 3.63) is 29.8 Å². The van der Waals surface area contributed by atoms with Crippen LogP contribution in [0.2, 0.25) is 0 Å². The van der Waals surface area contributed by atoms with Gasteiger partial charge < -0.3 is 20.3 Å². The first-order valence-corrected chi connectivity index (χ1v) is 8.69. The molecule has 0 spiro atoms. The maximum Gasteiger partial charge on any atom is 0.407 e. The Morgan fingerprint density at radius 1 is 1.28 bits per heavy atom. The molecule has 1 heterocycles. The lowest BCUT2D eigenvalue weighted by atomic mass is 10.0. The number of carbonyl (C=O) groups excluding carboxylic acids is 3. The highest BCUT2D eigenvalue weighted by Gasteiger charge is 2.25. The van der Waals surface area contributed by atoms with Gasteiger partial charge >= 0.3 is 6.09 Å². The Morgan fingerprint density at radius 3 is 2.64 bits per heavy atom. The molecule has 1 aromatic carbocycles. The summed E-state index contributed by atoms with van der Waals surface area (Å²) in [4.78, 5) is 37.0. The summed E-state index contributed by atoms with van der Waals surface area (Å²) in [5.74, 6) is -0.00863. The topological polar surface area (TPSA) is 87.7 Å². The van der Waals surface area contributed by atoms with E-state index in [0.717, 1.165) is 0 Å². The van der Waals surface area contributed by atoms with Crippen LogP contribution in [0.5, 0.6) is 0 Å². The Kier molecular flexibility index (Phi) is 7.06. The van der Waals surface area contributed by atoms with Crippen LogP contribution >= 0.6 is 11.6 Å². The second kappa shape index (κ2) is 9.27. The second-order valence-corrected chi connectivity index (χ2v) is 6.18. The summed E-state index contributed by atoms with van der Waals surface area (Å²) in [6.07, 6.45) is 0.841. The van der Waals surface area contributed by atoms with Gasteiger partial charge in [-0.1, -0.05) is 6.07 Å². The molecular formula is C17H22ClN3O4. The number of hydrogen-bond acceptors (Lipinski definition) is 4. The Balaban J connectivity index is 1.87. The van der Waals surface area contributed by atoms with E-state index in [0.29, 0.717) is 37.2 Å². The molecule has 0 aliphatic carbocycles. The molecule has 7 nitrogen and oxygen atoms in total. The molecule has 2 rings (SSSR count). The van der Waals surface area contributed by atoms with E-state index >= 15 is 0 Å². The van der Waals surface area contributed by atoms with Gasteiger partial charge in [0.25, 0.3) is 5.91 Å². The smallest absolute Gasteiger partial charge is 0.407 e. The molecule has 1 fully saturated rings. The quantitative estimate of drug-likeness (QED) is 0.781. The number of piperidine rings is 1. The maximum atomic E-state index is 12.6. The Bertz CT molecular complexity index is 630. The standard InChI is InChI=1S/C17H22ClN3O4/c1-12(22)19-15-4-2-3-13(11-15)16(23)21-8-5-14(6-9-21)20-17(24)25-10-7-18/h2-4,11,14H,5-10H2,1H3,(H,19,22)(H,20,24). The minimum atomic E-state index is -0.478. The highest BCUT2D eigenvalue weighted by Crippen LogP contribution is 2.17. The van der Waals surface area contributed by atoms with Gasteiger partial charge in [-0.15, -0.1) is 11.6 Å². The summed E-state index contributed by atoms with van der Waals surface area (Å²) < 4.78 is 4.89. The van der Waals surface area contributed by atoms with Crippen molar-refractivity contribution in [2.45, 2.75) is 25.8 Å². The highest BCUT2D eigenvalue weighted by atomic mass is 35.5. The van der Waals surface area contributed by atoms with Crippen molar-refractivity contribution >= 4 is 35.2 Å². The van der Waals surface area contributed by atoms with Gasteiger partial charge in [0, 0.05) is 37.3 Å². The molecule has 0 unspecified atom stereocenters. The minimum absolute atomic E-state index is 0.0161. The second-order valence-electron chi connectivity index (χ2n) is 5.80. The van der Waals surface area contributed by atoms with E-state index in [1.54, 1.807) is 29.2 Å². The van der Waals surface area contributed by atoms with Crippen LogP contribution in [0, 0.1) is 0 Å². The number of anilines is 1. The van der Waals surface area contributed by atoms with E-state index in [-0.39, 0.29) is 30.3 Å². The van der Waals surface area contributed by atoms with Crippen LogP contribution in [0.3, 0.4) is 0 Å². The van der Waals surface area contributed by atoms with E-state index in [1.165, 1.54) is 6.92 Å². The molecule has 3 amide bonds. The molecular weight excluding hydrogens is 346 g/mol. The van der Waals surface area contributed by atoms with Crippen LogP contribution in [0.4, 0.5) is 10.5 Å². The van der Waals surface area contributed by atoms with Crippen LogP contribution in [-0.4, -0.2) is 54.4 Å². The first-order chi connectivity index (χ1) is 12.0. The lowest BCUT2D eigenvalue weighted by Gasteiger charge is -2.32. The largest absolute Gasteiger partial charge is 0.448 e. The van der Waals surface area contributed by atoms with Crippen molar-refractivity contribution in [2.75, 3.05) is 30.9 Å². The Labute approximate surface area is 151 Å². The van der Waals surface area contributed by atoms with Crippen molar-refractivity contribution in [3.8, 4) is 0 Å². The number of nitrogens with zero attached hydrogens (tertiary/aromatic N) is 1. The third kappa shape index (κ3) is 5.94. The van der Waals surface area contributed by atoms with E-state index in [1.807, 2.05) is 0 Å². The fraction of sp³-hybridized carbons (Fsp3) is 0.471. The molecule has 1 saturated heterocycles. The highest BCUT2D eigenvalue weighted by molar-refractivity contribution is 6.18. The monoisotopic (exact) mass is 367 g/mol. The minimum Gasteiger partial charge on any atom is -0.448 e. The zero-order valence-corrected chi connectivity index (χ0v) is 14.8. The first-order valence-electron chi connectivity index (χ1n) is 8.16. The average molecular weight is 368 g/mol. The molecule has 0 atom stereocenters. The molecule has 25 heavy (non-hydrogen) atoms. The predicted octanol–water partition coefficient (Wildman–Crippen LogP) is 2.21. The van der Waals surface area contributed by atoms with Crippen LogP contribution in [0.25, 0.3) is 0 Å². The number of ether oxygens (including phenoxy) is 1. The molecule has 136 valence electrons. The van der Waals surface area contributed by atoms with Gasteiger partial charge in [0.15, 0.2) is 0 Å². The van der Waals surface area contributed by atoms with Gasteiger partial charge in [-0.3, -0.25) is 9.59 Å². The maximum absolute atomic E-state index is 12.6. The number of amides is 3. The van der Waals surface area contributed by atoms with Crippen molar-refractivity contribution < 1.29 is 19.1 Å². The molecule has 8 heteroatoms. The zero-order valence-electron chi connectivity index (χ0n) is 14.1. The Morgan fingerprint density at radius 2 is 2.00 bits per heavy atom.